The summed E-state index contributed by atoms with van der Waals surface area (Å²) in [6.07, 6.45) is 29.5. The van der Waals surface area contributed by atoms with Gasteiger partial charge in [0.25, 0.3) is 0 Å². The van der Waals surface area contributed by atoms with E-state index in [9.17, 15) is 4.79 Å². The molecule has 0 aromatic carbocycles. The molecule has 2 fully saturated rings. The minimum atomic E-state index is -2.02. The normalized spacial score (nSPS) is 22.3. The van der Waals surface area contributed by atoms with Crippen LogP contribution in [-0.2, 0) is 27.5 Å². The van der Waals surface area contributed by atoms with Crippen LogP contribution >= 0.6 is 0 Å². The lowest BCUT2D eigenvalue weighted by Gasteiger charge is -2.41. The van der Waals surface area contributed by atoms with Crippen molar-refractivity contribution in [1.29, 1.82) is 0 Å². The second-order valence-electron chi connectivity index (χ2n) is 24.5. The van der Waals surface area contributed by atoms with Gasteiger partial charge in [-0.2, -0.15) is 0 Å². The van der Waals surface area contributed by atoms with Gasteiger partial charge in [0, 0.05) is 12.5 Å². The van der Waals surface area contributed by atoms with E-state index in [0.29, 0.717) is 12.5 Å². The first-order chi connectivity index (χ1) is 28.7. The van der Waals surface area contributed by atoms with Crippen LogP contribution < -0.4 is 0 Å². The van der Waals surface area contributed by atoms with Crippen LogP contribution in [0.3, 0.4) is 0 Å². The zero-order valence-corrected chi connectivity index (χ0v) is 47.1. The molecule has 7 atom stereocenters. The van der Waals surface area contributed by atoms with Crippen LogP contribution in [0.25, 0.3) is 0 Å². The highest BCUT2D eigenvalue weighted by Crippen LogP contribution is 2.44. The van der Waals surface area contributed by atoms with Crippen LogP contribution in [0.1, 0.15) is 230 Å². The maximum atomic E-state index is 10.7. The molecule has 0 bridgehead atoms. The molecule has 2 aliphatic rings. The second-order valence-corrected chi connectivity index (χ2v) is 38.8. The van der Waals surface area contributed by atoms with Crippen LogP contribution in [0.4, 0.5) is 0 Å². The Balaban J connectivity index is 2.04. The van der Waals surface area contributed by atoms with Gasteiger partial charge in [-0.15, -0.1) is 0 Å². The van der Waals surface area contributed by atoms with E-state index >= 15 is 0 Å². The summed E-state index contributed by atoms with van der Waals surface area (Å²) in [5, 5.41) is 9.34. The third-order valence-electron chi connectivity index (χ3n) is 16.0. The summed E-state index contributed by atoms with van der Waals surface area (Å²) in [5.74, 6) is -0.669. The molecule has 2 aliphatic heterocycles. The van der Waals surface area contributed by atoms with Gasteiger partial charge in [0.15, 0.2) is 25.0 Å². The number of ether oxygens (including phenoxy) is 2. The molecular formula is C52H106O7Si3. The highest BCUT2D eigenvalue weighted by Gasteiger charge is 2.47. The Morgan fingerprint density at radius 2 is 0.839 bits per heavy atom. The largest absolute Gasteiger partial charge is 0.481 e. The number of aliphatic carboxylic acids is 1. The number of carbonyl (C=O) groups is 1. The predicted octanol–water partition coefficient (Wildman–Crippen LogP) is 16.5. The lowest BCUT2D eigenvalue weighted by atomic mass is 9.99. The number of carboxylic acids is 1. The van der Waals surface area contributed by atoms with E-state index in [1.54, 1.807) is 0 Å². The van der Waals surface area contributed by atoms with E-state index in [1.807, 2.05) is 0 Å². The van der Waals surface area contributed by atoms with Gasteiger partial charge in [0.05, 0.1) is 36.6 Å². The van der Waals surface area contributed by atoms with Crippen molar-refractivity contribution in [2.24, 2.45) is 0 Å². The van der Waals surface area contributed by atoms with Crippen molar-refractivity contribution in [3.8, 4) is 0 Å². The van der Waals surface area contributed by atoms with Crippen LogP contribution in [0.5, 0.6) is 0 Å². The van der Waals surface area contributed by atoms with Gasteiger partial charge in [-0.1, -0.05) is 159 Å². The molecule has 368 valence electrons. The zero-order chi connectivity index (χ0) is 46.8. The standard InChI is InChI=1S/C52H106O7Si3/c1-17-18-19-29-33-42(57-60(11,12)50(2,3)4)34-32-36-48(59-62(15,16)52(8,9)10)46-41-39-44(56-46)43-38-40-45(55-43)47(58-61(13,14)51(5,6)7)35-30-27-25-23-21-20-22-24-26-28-31-37-49(53)54/h42-48H,17-41H2,1-16H3,(H,53,54)/t42-,43+,44+,45+,46+,47+,48-/m0/s1. The molecule has 1 N–H and O–H groups in total. The summed E-state index contributed by atoms with van der Waals surface area (Å²) in [6.45, 7) is 38.0. The molecule has 0 amide bonds. The fourth-order valence-corrected chi connectivity index (χ4v) is 12.8. The lowest BCUT2D eigenvalue weighted by Crippen LogP contribution is -2.48. The molecular weight excluding hydrogens is 821 g/mol. The zero-order valence-electron chi connectivity index (χ0n) is 44.1. The average molecular weight is 928 g/mol. The minimum absolute atomic E-state index is 0.108. The van der Waals surface area contributed by atoms with Crippen molar-refractivity contribution in [3.05, 3.63) is 0 Å². The summed E-state index contributed by atoms with van der Waals surface area (Å²) in [5.41, 5.74) is 0. The summed E-state index contributed by atoms with van der Waals surface area (Å²) in [7, 11) is -5.87. The molecule has 62 heavy (non-hydrogen) atoms. The number of hydrogen-bond donors (Lipinski definition) is 1. The van der Waals surface area contributed by atoms with Crippen molar-refractivity contribution in [2.45, 2.75) is 327 Å². The van der Waals surface area contributed by atoms with Crippen LogP contribution in [0, 0.1) is 0 Å². The molecule has 2 heterocycles. The summed E-state index contributed by atoms with van der Waals surface area (Å²) in [6, 6.07) is 0. The Hall–Kier alpha value is -0.0794. The monoisotopic (exact) mass is 927 g/mol. The lowest BCUT2D eigenvalue weighted by molar-refractivity contribution is -0.137. The Bertz CT molecular complexity index is 1220. The predicted molar refractivity (Wildman–Crippen MR) is 272 cm³/mol. The highest BCUT2D eigenvalue weighted by atomic mass is 28.4. The fraction of sp³-hybridized carbons (Fsp3) is 0.981. The van der Waals surface area contributed by atoms with E-state index in [2.05, 4.69) is 109 Å². The molecule has 0 spiro atoms. The molecule has 0 aliphatic carbocycles. The van der Waals surface area contributed by atoms with Crippen molar-refractivity contribution >= 4 is 30.9 Å². The van der Waals surface area contributed by atoms with Crippen molar-refractivity contribution in [2.75, 3.05) is 0 Å². The maximum absolute atomic E-state index is 10.7. The Kier molecular flexibility index (Phi) is 25.3. The summed E-state index contributed by atoms with van der Waals surface area (Å²) in [4.78, 5) is 10.7. The quantitative estimate of drug-likeness (QED) is 0.0531. The van der Waals surface area contributed by atoms with Crippen molar-refractivity contribution in [3.63, 3.8) is 0 Å². The number of carboxylic acid groups (broad SMARTS) is 1. The van der Waals surface area contributed by atoms with Crippen LogP contribution in [0.2, 0.25) is 54.4 Å². The Morgan fingerprint density at radius 3 is 1.24 bits per heavy atom. The van der Waals surface area contributed by atoms with Crippen LogP contribution in [0.15, 0.2) is 0 Å². The molecule has 0 aromatic heterocycles. The minimum Gasteiger partial charge on any atom is -0.481 e. The molecule has 0 unspecified atom stereocenters. The molecule has 0 saturated carbocycles. The smallest absolute Gasteiger partial charge is 0.303 e. The SMILES string of the molecule is CCCCCC[C@@H](CCC[C@H](O[Si](C)(C)C(C)(C)C)[C@H]1CC[C@H]([C@H]2CC[C@H]([C@@H](CCCCCCCCCCCCCC(=O)O)O[Si](C)(C)C(C)(C)C)O2)O1)O[Si](C)(C)C(C)(C)C. The number of rotatable bonds is 32. The first kappa shape index (κ1) is 58.0. The van der Waals surface area contributed by atoms with Gasteiger partial charge >= 0.3 is 5.97 Å². The highest BCUT2D eigenvalue weighted by molar-refractivity contribution is 6.75. The van der Waals surface area contributed by atoms with Gasteiger partial charge < -0.3 is 27.9 Å². The molecule has 10 heteroatoms. The molecule has 0 radical (unpaired) electrons. The summed E-state index contributed by atoms with van der Waals surface area (Å²) >= 11 is 0. The second kappa shape index (κ2) is 27.1. The van der Waals surface area contributed by atoms with Gasteiger partial charge in [-0.05, 0) is 119 Å². The molecule has 2 rings (SSSR count). The van der Waals surface area contributed by atoms with E-state index in [0.717, 1.165) is 64.2 Å². The molecule has 2 saturated heterocycles. The van der Waals surface area contributed by atoms with Gasteiger partial charge in [-0.25, -0.2) is 0 Å². The van der Waals surface area contributed by atoms with Crippen molar-refractivity contribution in [1.82, 2.24) is 0 Å². The Labute approximate surface area is 388 Å². The first-order valence-electron chi connectivity index (χ1n) is 26.3. The fourth-order valence-electron chi connectivity index (χ4n) is 8.64. The number of hydrogen-bond acceptors (Lipinski definition) is 6. The van der Waals surface area contributed by atoms with Crippen LogP contribution in [-0.4, -0.2) is 78.8 Å². The van der Waals surface area contributed by atoms with E-state index in [1.165, 1.54) is 89.9 Å². The summed E-state index contributed by atoms with van der Waals surface area (Å²) < 4.78 is 35.8. The molecule has 0 aromatic rings. The topological polar surface area (TPSA) is 83.5 Å². The first-order valence-corrected chi connectivity index (χ1v) is 35.0. The molecule has 7 nitrogen and oxygen atoms in total. The van der Waals surface area contributed by atoms with Gasteiger partial charge in [0.2, 0.25) is 0 Å². The van der Waals surface area contributed by atoms with Gasteiger partial charge in [-0.3, -0.25) is 4.79 Å². The average Bonchev–Trinajstić information content (AvgIpc) is 3.83. The third-order valence-corrected chi connectivity index (χ3v) is 29.5. The maximum Gasteiger partial charge on any atom is 0.303 e. The van der Waals surface area contributed by atoms with E-state index in [-0.39, 0.29) is 51.7 Å². The third kappa shape index (κ3) is 20.8. The van der Waals surface area contributed by atoms with Gasteiger partial charge in [0.1, 0.15) is 0 Å². The van der Waals surface area contributed by atoms with E-state index < -0.39 is 30.9 Å². The van der Waals surface area contributed by atoms with E-state index in [4.69, 9.17) is 27.9 Å². The van der Waals surface area contributed by atoms with Crippen molar-refractivity contribution < 1.29 is 32.7 Å². The number of unbranched alkanes of at least 4 members (excludes halogenated alkanes) is 13. The Morgan fingerprint density at radius 1 is 0.500 bits per heavy atom.